The highest BCUT2D eigenvalue weighted by Gasteiger charge is 2.21. The van der Waals surface area contributed by atoms with Crippen LogP contribution >= 0.6 is 28.6 Å². The Kier molecular flexibility index (Phi) is 4.73. The first-order valence-electron chi connectivity index (χ1n) is 6.35. The zero-order chi connectivity index (χ0) is 13.1. The second kappa shape index (κ2) is 6.11. The monoisotopic (exact) mass is 327 g/mol. The lowest BCUT2D eigenvalue weighted by Gasteiger charge is -2.21. The molecule has 0 bridgehead atoms. The SMILES string of the molecule is CC1CCCN(C(=O)c2cc(S)ccc2Br)CC1. The number of rotatable bonds is 1. The quantitative estimate of drug-likeness (QED) is 0.773. The number of benzene rings is 1. The third-order valence-electron chi connectivity index (χ3n) is 3.48. The van der Waals surface area contributed by atoms with Crippen LogP contribution in [0.15, 0.2) is 27.6 Å². The molecule has 1 unspecified atom stereocenters. The molecule has 2 nitrogen and oxygen atoms in total. The molecule has 98 valence electrons. The molecule has 2 rings (SSSR count). The second-order valence-corrected chi connectivity index (χ2v) is 6.36. The van der Waals surface area contributed by atoms with Gasteiger partial charge in [-0.2, -0.15) is 0 Å². The Morgan fingerprint density at radius 2 is 2.17 bits per heavy atom. The van der Waals surface area contributed by atoms with Gasteiger partial charge in [0.15, 0.2) is 0 Å². The van der Waals surface area contributed by atoms with E-state index in [4.69, 9.17) is 0 Å². The first kappa shape index (κ1) is 13.9. The Morgan fingerprint density at radius 3 is 2.94 bits per heavy atom. The molecule has 1 atom stereocenters. The minimum atomic E-state index is 0.117. The lowest BCUT2D eigenvalue weighted by Crippen LogP contribution is -2.32. The van der Waals surface area contributed by atoms with Gasteiger partial charge >= 0.3 is 0 Å². The maximum Gasteiger partial charge on any atom is 0.255 e. The molecule has 0 radical (unpaired) electrons. The summed E-state index contributed by atoms with van der Waals surface area (Å²) in [6, 6.07) is 5.61. The lowest BCUT2D eigenvalue weighted by molar-refractivity contribution is 0.0759. The summed E-state index contributed by atoms with van der Waals surface area (Å²) in [5, 5.41) is 0. The number of hydrogen-bond donors (Lipinski definition) is 1. The normalized spacial score (nSPS) is 20.6. The fourth-order valence-electron chi connectivity index (χ4n) is 2.31. The van der Waals surface area contributed by atoms with Crippen molar-refractivity contribution in [1.29, 1.82) is 0 Å². The zero-order valence-electron chi connectivity index (χ0n) is 10.5. The van der Waals surface area contributed by atoms with Gasteiger partial charge < -0.3 is 4.90 Å². The summed E-state index contributed by atoms with van der Waals surface area (Å²) in [6.07, 6.45) is 3.42. The molecule has 0 aromatic heterocycles. The minimum absolute atomic E-state index is 0.117. The van der Waals surface area contributed by atoms with Crippen molar-refractivity contribution in [1.82, 2.24) is 4.90 Å². The molecule has 4 heteroatoms. The molecule has 1 aliphatic rings. The molecule has 0 N–H and O–H groups in total. The molecule has 1 amide bonds. The Bertz CT molecular complexity index is 449. The fourth-order valence-corrected chi connectivity index (χ4v) is 2.93. The van der Waals surface area contributed by atoms with E-state index < -0.39 is 0 Å². The Morgan fingerprint density at radius 1 is 1.39 bits per heavy atom. The minimum Gasteiger partial charge on any atom is -0.339 e. The van der Waals surface area contributed by atoms with Crippen molar-refractivity contribution in [2.75, 3.05) is 13.1 Å². The molecule has 0 aliphatic carbocycles. The number of thiol groups is 1. The van der Waals surface area contributed by atoms with Crippen LogP contribution in [0.1, 0.15) is 36.5 Å². The highest BCUT2D eigenvalue weighted by Crippen LogP contribution is 2.24. The fraction of sp³-hybridized carbons (Fsp3) is 0.500. The predicted molar refractivity (Wildman–Crippen MR) is 80.3 cm³/mol. The van der Waals surface area contributed by atoms with E-state index in [9.17, 15) is 4.79 Å². The predicted octanol–water partition coefficient (Wildman–Crippen LogP) is 4.00. The van der Waals surface area contributed by atoms with Crippen LogP contribution in [0.3, 0.4) is 0 Å². The number of hydrogen-bond acceptors (Lipinski definition) is 2. The summed E-state index contributed by atoms with van der Waals surface area (Å²) < 4.78 is 0.850. The summed E-state index contributed by atoms with van der Waals surface area (Å²) in [4.78, 5) is 15.3. The van der Waals surface area contributed by atoms with Crippen molar-refractivity contribution in [3.05, 3.63) is 28.2 Å². The van der Waals surface area contributed by atoms with Gasteiger partial charge in [0.2, 0.25) is 0 Å². The largest absolute Gasteiger partial charge is 0.339 e. The summed E-state index contributed by atoms with van der Waals surface area (Å²) in [7, 11) is 0. The summed E-state index contributed by atoms with van der Waals surface area (Å²) >= 11 is 7.75. The van der Waals surface area contributed by atoms with E-state index >= 15 is 0 Å². The Balaban J connectivity index is 2.17. The van der Waals surface area contributed by atoms with Crippen LogP contribution < -0.4 is 0 Å². The lowest BCUT2D eigenvalue weighted by atomic mass is 10.0. The standard InChI is InChI=1S/C14H18BrNOS/c1-10-3-2-7-16(8-6-10)14(17)12-9-11(18)4-5-13(12)15/h4-5,9-10,18H,2-3,6-8H2,1H3. The van der Waals surface area contributed by atoms with Crippen molar-refractivity contribution in [3.63, 3.8) is 0 Å². The number of halogens is 1. The van der Waals surface area contributed by atoms with E-state index in [2.05, 4.69) is 35.5 Å². The average Bonchev–Trinajstić information content (AvgIpc) is 2.56. The van der Waals surface area contributed by atoms with Gasteiger partial charge in [0.25, 0.3) is 5.91 Å². The van der Waals surface area contributed by atoms with Crippen molar-refractivity contribution in [3.8, 4) is 0 Å². The number of nitrogens with zero attached hydrogens (tertiary/aromatic N) is 1. The van der Waals surface area contributed by atoms with Crippen LogP contribution in [-0.4, -0.2) is 23.9 Å². The van der Waals surface area contributed by atoms with Gasteiger partial charge in [-0.25, -0.2) is 0 Å². The van der Waals surface area contributed by atoms with Crippen molar-refractivity contribution in [2.45, 2.75) is 31.1 Å². The number of carbonyl (C=O) groups is 1. The number of amides is 1. The Hall–Kier alpha value is -0.480. The first-order valence-corrected chi connectivity index (χ1v) is 7.59. The highest BCUT2D eigenvalue weighted by atomic mass is 79.9. The van der Waals surface area contributed by atoms with Crippen molar-refractivity contribution in [2.24, 2.45) is 5.92 Å². The number of carbonyl (C=O) groups excluding carboxylic acids is 1. The van der Waals surface area contributed by atoms with Crippen LogP contribution in [-0.2, 0) is 0 Å². The third kappa shape index (κ3) is 3.29. The van der Waals surface area contributed by atoms with E-state index in [1.54, 1.807) is 0 Å². The van der Waals surface area contributed by atoms with E-state index in [-0.39, 0.29) is 5.91 Å². The smallest absolute Gasteiger partial charge is 0.255 e. The van der Waals surface area contributed by atoms with Gasteiger partial charge in [0, 0.05) is 22.5 Å². The first-order chi connectivity index (χ1) is 8.58. The topological polar surface area (TPSA) is 20.3 Å². The molecule has 1 fully saturated rings. The zero-order valence-corrected chi connectivity index (χ0v) is 13.0. The molecule has 1 saturated heterocycles. The molecule has 0 saturated carbocycles. The van der Waals surface area contributed by atoms with Gasteiger partial charge in [-0.3, -0.25) is 4.79 Å². The molecular formula is C14H18BrNOS. The van der Waals surface area contributed by atoms with Gasteiger partial charge in [-0.1, -0.05) is 6.92 Å². The number of likely N-dealkylation sites (tertiary alicyclic amines) is 1. The van der Waals surface area contributed by atoms with Crippen molar-refractivity contribution >= 4 is 34.5 Å². The van der Waals surface area contributed by atoms with Crippen LogP contribution in [0.5, 0.6) is 0 Å². The highest BCUT2D eigenvalue weighted by molar-refractivity contribution is 9.10. The molecule has 0 spiro atoms. The van der Waals surface area contributed by atoms with Crippen LogP contribution in [0, 0.1) is 5.92 Å². The van der Waals surface area contributed by atoms with Crippen molar-refractivity contribution < 1.29 is 4.79 Å². The van der Waals surface area contributed by atoms with Gasteiger partial charge in [0.1, 0.15) is 0 Å². The van der Waals surface area contributed by atoms with E-state index in [1.165, 1.54) is 6.42 Å². The van der Waals surface area contributed by atoms with E-state index in [0.29, 0.717) is 0 Å². The second-order valence-electron chi connectivity index (χ2n) is 4.99. The molecule has 1 aliphatic heterocycles. The van der Waals surface area contributed by atoms with Crippen LogP contribution in [0.2, 0.25) is 0 Å². The van der Waals surface area contributed by atoms with Crippen LogP contribution in [0.4, 0.5) is 0 Å². The maximum absolute atomic E-state index is 12.5. The molecule has 1 aromatic carbocycles. The van der Waals surface area contributed by atoms with Gasteiger partial charge in [-0.15, -0.1) is 12.6 Å². The van der Waals surface area contributed by atoms with Gasteiger partial charge in [0.05, 0.1) is 5.56 Å². The van der Waals surface area contributed by atoms with Gasteiger partial charge in [-0.05, 0) is 59.3 Å². The van der Waals surface area contributed by atoms with E-state index in [1.807, 2.05) is 23.1 Å². The summed E-state index contributed by atoms with van der Waals surface area (Å²) in [5.41, 5.74) is 0.719. The molecule has 1 heterocycles. The third-order valence-corrected chi connectivity index (χ3v) is 4.45. The summed E-state index contributed by atoms with van der Waals surface area (Å²) in [6.45, 7) is 3.99. The summed E-state index contributed by atoms with van der Waals surface area (Å²) in [5.74, 6) is 0.842. The average molecular weight is 328 g/mol. The van der Waals surface area contributed by atoms with Crippen LogP contribution in [0.25, 0.3) is 0 Å². The maximum atomic E-state index is 12.5. The molecular weight excluding hydrogens is 310 g/mol. The molecule has 18 heavy (non-hydrogen) atoms. The van der Waals surface area contributed by atoms with E-state index in [0.717, 1.165) is 46.8 Å². The molecule has 1 aromatic rings. The Labute approximate surface area is 122 Å².